The van der Waals surface area contributed by atoms with E-state index >= 15 is 0 Å². The van der Waals surface area contributed by atoms with Gasteiger partial charge in [-0.05, 0) is 32.9 Å². The van der Waals surface area contributed by atoms with E-state index in [2.05, 4.69) is 9.88 Å². The van der Waals surface area contributed by atoms with Crippen molar-refractivity contribution in [2.75, 3.05) is 19.7 Å². The second kappa shape index (κ2) is 5.12. The molecule has 0 N–H and O–H groups in total. The number of carbonyl (C=O) groups excluding carboxylic acids is 1. The van der Waals surface area contributed by atoms with E-state index in [-0.39, 0.29) is 5.69 Å². The summed E-state index contributed by atoms with van der Waals surface area (Å²) < 4.78 is 10.1. The van der Waals surface area contributed by atoms with Crippen LogP contribution in [0, 0.1) is 0 Å². The molecule has 1 aliphatic rings. The van der Waals surface area contributed by atoms with Crippen molar-refractivity contribution in [3.63, 3.8) is 0 Å². The van der Waals surface area contributed by atoms with Crippen LogP contribution < -0.4 is 0 Å². The Labute approximate surface area is 94.4 Å². The number of carbonyl (C=O) groups is 1. The third-order valence-corrected chi connectivity index (χ3v) is 2.59. The number of hydrogen-bond donors (Lipinski definition) is 0. The first-order valence-corrected chi connectivity index (χ1v) is 5.63. The Morgan fingerprint density at radius 3 is 3.00 bits per heavy atom. The maximum atomic E-state index is 11.3. The largest absolute Gasteiger partial charge is 0.461 e. The predicted octanol–water partition coefficient (Wildman–Crippen LogP) is 1.45. The zero-order chi connectivity index (χ0) is 11.4. The monoisotopic (exact) mass is 224 g/mol. The molecule has 5 nitrogen and oxygen atoms in total. The first-order chi connectivity index (χ1) is 7.79. The highest BCUT2D eigenvalue weighted by Gasteiger charge is 2.17. The van der Waals surface area contributed by atoms with Crippen LogP contribution in [-0.2, 0) is 11.3 Å². The molecule has 5 heteroatoms. The minimum atomic E-state index is -0.418. The molecule has 0 radical (unpaired) electrons. The van der Waals surface area contributed by atoms with Crippen molar-refractivity contribution in [3.8, 4) is 0 Å². The van der Waals surface area contributed by atoms with Gasteiger partial charge in [0.2, 0.25) is 5.89 Å². The number of aromatic nitrogens is 1. The summed E-state index contributed by atoms with van der Waals surface area (Å²) in [4.78, 5) is 17.7. The molecular formula is C11H16N2O3. The topological polar surface area (TPSA) is 55.6 Å². The third-order valence-electron chi connectivity index (χ3n) is 2.59. The van der Waals surface area contributed by atoms with Crippen molar-refractivity contribution in [1.82, 2.24) is 9.88 Å². The zero-order valence-corrected chi connectivity index (χ0v) is 9.44. The van der Waals surface area contributed by atoms with Gasteiger partial charge in [-0.1, -0.05) is 0 Å². The van der Waals surface area contributed by atoms with E-state index in [1.54, 1.807) is 6.92 Å². The highest BCUT2D eigenvalue weighted by atomic mass is 16.5. The molecule has 0 spiro atoms. The van der Waals surface area contributed by atoms with Gasteiger partial charge >= 0.3 is 5.97 Å². The average Bonchev–Trinajstić information content (AvgIpc) is 2.90. The van der Waals surface area contributed by atoms with Crippen LogP contribution in [0.5, 0.6) is 0 Å². The molecule has 0 aromatic carbocycles. The highest BCUT2D eigenvalue weighted by Crippen LogP contribution is 2.12. The van der Waals surface area contributed by atoms with Gasteiger partial charge in [0.25, 0.3) is 0 Å². The SMILES string of the molecule is CCOC(=O)c1coc(CN2CCCC2)n1. The molecule has 1 fully saturated rings. The summed E-state index contributed by atoms with van der Waals surface area (Å²) in [5.74, 6) is 0.170. The van der Waals surface area contributed by atoms with Crippen molar-refractivity contribution in [3.05, 3.63) is 17.8 Å². The van der Waals surface area contributed by atoms with Crippen molar-refractivity contribution in [2.24, 2.45) is 0 Å². The Balaban J connectivity index is 1.93. The lowest BCUT2D eigenvalue weighted by Crippen LogP contribution is -2.18. The molecule has 1 aromatic rings. The Bertz CT molecular complexity index is 356. The van der Waals surface area contributed by atoms with Crippen LogP contribution in [0.15, 0.2) is 10.7 Å². The second-order valence-electron chi connectivity index (χ2n) is 3.83. The summed E-state index contributed by atoms with van der Waals surface area (Å²) in [6, 6.07) is 0. The van der Waals surface area contributed by atoms with Gasteiger partial charge in [-0.2, -0.15) is 0 Å². The minimum absolute atomic E-state index is 0.260. The van der Waals surface area contributed by atoms with Crippen molar-refractivity contribution in [1.29, 1.82) is 0 Å². The fourth-order valence-electron chi connectivity index (χ4n) is 1.81. The maximum absolute atomic E-state index is 11.3. The smallest absolute Gasteiger partial charge is 0.360 e. The molecule has 0 unspecified atom stereocenters. The quantitative estimate of drug-likeness (QED) is 0.724. The lowest BCUT2D eigenvalue weighted by atomic mass is 10.4. The van der Waals surface area contributed by atoms with Gasteiger partial charge in [-0.25, -0.2) is 9.78 Å². The van der Waals surface area contributed by atoms with Gasteiger partial charge in [0.15, 0.2) is 5.69 Å². The number of nitrogens with zero attached hydrogens (tertiary/aromatic N) is 2. The number of ether oxygens (including phenoxy) is 1. The van der Waals surface area contributed by atoms with Crippen LogP contribution >= 0.6 is 0 Å². The van der Waals surface area contributed by atoms with E-state index in [1.807, 2.05) is 0 Å². The molecule has 88 valence electrons. The number of likely N-dealkylation sites (tertiary alicyclic amines) is 1. The van der Waals surface area contributed by atoms with Gasteiger partial charge in [-0.3, -0.25) is 4.90 Å². The van der Waals surface area contributed by atoms with Crippen LogP contribution in [0.1, 0.15) is 36.1 Å². The second-order valence-corrected chi connectivity index (χ2v) is 3.83. The molecule has 16 heavy (non-hydrogen) atoms. The Morgan fingerprint density at radius 2 is 2.31 bits per heavy atom. The summed E-state index contributed by atoms with van der Waals surface area (Å²) in [6.45, 7) is 4.96. The van der Waals surface area contributed by atoms with Crippen LogP contribution in [-0.4, -0.2) is 35.5 Å². The third kappa shape index (κ3) is 2.61. The number of rotatable bonds is 4. The first-order valence-electron chi connectivity index (χ1n) is 5.63. The fraction of sp³-hybridized carbons (Fsp3) is 0.636. The van der Waals surface area contributed by atoms with Gasteiger partial charge < -0.3 is 9.15 Å². The van der Waals surface area contributed by atoms with Gasteiger partial charge in [0.1, 0.15) is 6.26 Å². The summed E-state index contributed by atoms with van der Waals surface area (Å²) in [7, 11) is 0. The molecule has 2 heterocycles. The molecule has 0 bridgehead atoms. The lowest BCUT2D eigenvalue weighted by Gasteiger charge is -2.10. The van der Waals surface area contributed by atoms with E-state index < -0.39 is 5.97 Å². The highest BCUT2D eigenvalue weighted by molar-refractivity contribution is 5.86. The van der Waals surface area contributed by atoms with Crippen LogP contribution in [0.4, 0.5) is 0 Å². The fourth-order valence-corrected chi connectivity index (χ4v) is 1.81. The van der Waals surface area contributed by atoms with Crippen molar-refractivity contribution in [2.45, 2.75) is 26.3 Å². The Morgan fingerprint density at radius 1 is 1.56 bits per heavy atom. The Hall–Kier alpha value is -1.36. The van der Waals surface area contributed by atoms with Crippen LogP contribution in [0.3, 0.4) is 0 Å². The molecule has 2 rings (SSSR count). The maximum Gasteiger partial charge on any atom is 0.360 e. The molecular weight excluding hydrogens is 208 g/mol. The predicted molar refractivity (Wildman–Crippen MR) is 57.0 cm³/mol. The lowest BCUT2D eigenvalue weighted by molar-refractivity contribution is 0.0519. The molecule has 0 atom stereocenters. The van der Waals surface area contributed by atoms with Crippen molar-refractivity contribution >= 4 is 5.97 Å². The minimum Gasteiger partial charge on any atom is -0.461 e. The van der Waals surface area contributed by atoms with E-state index in [0.717, 1.165) is 13.1 Å². The van der Waals surface area contributed by atoms with Gasteiger partial charge in [-0.15, -0.1) is 0 Å². The molecule has 0 amide bonds. The average molecular weight is 224 g/mol. The van der Waals surface area contributed by atoms with Crippen LogP contribution in [0.2, 0.25) is 0 Å². The Kier molecular flexibility index (Phi) is 3.56. The number of esters is 1. The summed E-state index contributed by atoms with van der Waals surface area (Å²) in [5.41, 5.74) is 0.260. The van der Waals surface area contributed by atoms with E-state index in [1.165, 1.54) is 19.1 Å². The normalized spacial score (nSPS) is 16.6. The van der Waals surface area contributed by atoms with Gasteiger partial charge in [0, 0.05) is 0 Å². The van der Waals surface area contributed by atoms with Crippen molar-refractivity contribution < 1.29 is 13.9 Å². The van der Waals surface area contributed by atoms with E-state index in [4.69, 9.17) is 9.15 Å². The summed E-state index contributed by atoms with van der Waals surface area (Å²) >= 11 is 0. The van der Waals surface area contributed by atoms with Crippen LogP contribution in [0.25, 0.3) is 0 Å². The molecule has 1 saturated heterocycles. The molecule has 1 aromatic heterocycles. The number of oxazole rings is 1. The first kappa shape index (κ1) is 11.1. The van der Waals surface area contributed by atoms with Gasteiger partial charge in [0.05, 0.1) is 13.2 Å². The summed E-state index contributed by atoms with van der Waals surface area (Å²) in [5, 5.41) is 0. The molecule has 0 aliphatic carbocycles. The van der Waals surface area contributed by atoms with E-state index in [9.17, 15) is 4.79 Å². The summed E-state index contributed by atoms with van der Waals surface area (Å²) in [6.07, 6.45) is 3.82. The number of hydrogen-bond acceptors (Lipinski definition) is 5. The van der Waals surface area contributed by atoms with E-state index in [0.29, 0.717) is 19.0 Å². The molecule has 0 saturated carbocycles. The zero-order valence-electron chi connectivity index (χ0n) is 9.44. The molecule has 1 aliphatic heterocycles. The standard InChI is InChI=1S/C11H16N2O3/c1-2-15-11(14)9-8-16-10(12-9)7-13-5-3-4-6-13/h8H,2-7H2,1H3.